The van der Waals surface area contributed by atoms with Crippen LogP contribution in [0.3, 0.4) is 0 Å². The van der Waals surface area contributed by atoms with Gasteiger partial charge in [0.05, 0.1) is 6.42 Å². The average molecular weight is 294 g/mol. The molecule has 3 N–H and O–H groups in total. The largest absolute Gasteiger partial charge is 0.480 e. The summed E-state index contributed by atoms with van der Waals surface area (Å²) in [6.45, 7) is 0.0718. The van der Waals surface area contributed by atoms with E-state index in [4.69, 9.17) is 27.2 Å². The average Bonchev–Trinajstić information content (AvgIpc) is 2.28. The molecule has 0 heterocycles. The summed E-state index contributed by atoms with van der Waals surface area (Å²) in [5, 5.41) is 9.09. The van der Waals surface area contributed by atoms with Gasteiger partial charge in [-0.05, 0) is 17.7 Å². The molecule has 1 aromatic carbocycles. The Morgan fingerprint density at radius 3 is 2.39 bits per heavy atom. The van der Waals surface area contributed by atoms with Gasteiger partial charge < -0.3 is 15.6 Å². The third-order valence-corrected chi connectivity index (χ3v) is 2.27. The molecule has 1 unspecified atom stereocenters. The minimum Gasteiger partial charge on any atom is -0.480 e. The number of carboxylic acid groups (broad SMARTS) is 1. The van der Waals surface area contributed by atoms with Crippen LogP contribution in [-0.2, 0) is 20.9 Å². The number of carboxylic acids is 1. The Bertz CT molecular complexity index is 408. The number of ether oxygens (including phenoxy) is 1. The third-order valence-electron chi connectivity index (χ3n) is 2.02. The van der Waals surface area contributed by atoms with Gasteiger partial charge in [-0.1, -0.05) is 23.7 Å². The van der Waals surface area contributed by atoms with Crippen LogP contribution in [-0.4, -0.2) is 23.1 Å². The van der Waals surface area contributed by atoms with Crippen molar-refractivity contribution in [2.45, 2.75) is 19.1 Å². The summed E-state index contributed by atoms with van der Waals surface area (Å²) in [7, 11) is 0. The summed E-state index contributed by atoms with van der Waals surface area (Å²) in [5.74, 6) is -1.87. The lowest BCUT2D eigenvalue weighted by Gasteiger charge is -2.07. The van der Waals surface area contributed by atoms with E-state index in [-0.39, 0.29) is 25.4 Å². The SMILES string of the molecule is Cl.NC(CC(=O)OCc1ccc(Cl)cc1)C(=O)O. The first kappa shape index (κ1) is 16.7. The van der Waals surface area contributed by atoms with E-state index in [0.717, 1.165) is 5.56 Å². The van der Waals surface area contributed by atoms with Gasteiger partial charge >= 0.3 is 11.9 Å². The highest BCUT2D eigenvalue weighted by molar-refractivity contribution is 6.30. The van der Waals surface area contributed by atoms with Crippen molar-refractivity contribution in [1.29, 1.82) is 0 Å². The Hall–Kier alpha value is -1.30. The van der Waals surface area contributed by atoms with Gasteiger partial charge in [0, 0.05) is 5.02 Å². The predicted octanol–water partition coefficient (Wildman–Crippen LogP) is 1.61. The number of hydrogen-bond acceptors (Lipinski definition) is 4. The quantitative estimate of drug-likeness (QED) is 0.805. The lowest BCUT2D eigenvalue weighted by molar-refractivity contribution is -0.149. The number of aliphatic carboxylic acids is 1. The monoisotopic (exact) mass is 293 g/mol. The van der Waals surface area contributed by atoms with E-state index in [1.165, 1.54) is 0 Å². The molecular formula is C11H13Cl2NO4. The second-order valence-electron chi connectivity index (χ2n) is 3.44. The van der Waals surface area contributed by atoms with Gasteiger partial charge in [0.2, 0.25) is 0 Å². The predicted molar refractivity (Wildman–Crippen MR) is 68.7 cm³/mol. The summed E-state index contributed by atoms with van der Waals surface area (Å²) in [6, 6.07) is 5.55. The zero-order valence-corrected chi connectivity index (χ0v) is 10.9. The molecule has 0 amide bonds. The smallest absolute Gasteiger partial charge is 0.321 e. The molecule has 1 atom stereocenters. The van der Waals surface area contributed by atoms with Gasteiger partial charge in [-0.25, -0.2) is 0 Å². The minimum absolute atomic E-state index is 0. The van der Waals surface area contributed by atoms with E-state index in [1.54, 1.807) is 24.3 Å². The Labute approximate surface area is 115 Å². The number of carbonyl (C=O) groups is 2. The van der Waals surface area contributed by atoms with Crippen LogP contribution in [0.25, 0.3) is 0 Å². The first-order valence-electron chi connectivity index (χ1n) is 4.87. The maximum Gasteiger partial charge on any atom is 0.321 e. The molecule has 1 rings (SSSR count). The van der Waals surface area contributed by atoms with E-state index in [1.807, 2.05) is 0 Å². The van der Waals surface area contributed by atoms with Crippen molar-refractivity contribution in [2.75, 3.05) is 0 Å². The fourth-order valence-corrected chi connectivity index (χ4v) is 1.20. The molecule has 0 aromatic heterocycles. The van der Waals surface area contributed by atoms with Crippen LogP contribution in [0.4, 0.5) is 0 Å². The molecule has 0 fully saturated rings. The number of rotatable bonds is 5. The third kappa shape index (κ3) is 5.86. The summed E-state index contributed by atoms with van der Waals surface area (Å²) in [5.41, 5.74) is 5.96. The first-order chi connectivity index (χ1) is 7.99. The van der Waals surface area contributed by atoms with Crippen LogP contribution in [0.1, 0.15) is 12.0 Å². The van der Waals surface area contributed by atoms with Crippen LogP contribution < -0.4 is 5.73 Å². The normalized spacial score (nSPS) is 11.2. The molecule has 0 aliphatic rings. The number of halogens is 2. The molecule has 0 bridgehead atoms. The standard InChI is InChI=1S/C11H12ClNO4.ClH/c12-8-3-1-7(2-4-8)6-17-10(14)5-9(13)11(15)16;/h1-4,9H,5-6,13H2,(H,15,16);1H. The molecule has 0 aliphatic heterocycles. The summed E-state index contributed by atoms with van der Waals surface area (Å²) < 4.78 is 4.86. The minimum atomic E-state index is -1.23. The summed E-state index contributed by atoms with van der Waals surface area (Å²) >= 11 is 5.69. The van der Waals surface area contributed by atoms with E-state index in [2.05, 4.69) is 0 Å². The lowest BCUT2D eigenvalue weighted by atomic mass is 10.2. The second-order valence-corrected chi connectivity index (χ2v) is 3.87. The molecule has 0 radical (unpaired) electrons. The van der Waals surface area contributed by atoms with Crippen molar-refractivity contribution in [3.63, 3.8) is 0 Å². The number of nitrogens with two attached hydrogens (primary N) is 1. The molecule has 0 aliphatic carbocycles. The number of carbonyl (C=O) groups excluding carboxylic acids is 1. The zero-order chi connectivity index (χ0) is 12.8. The van der Waals surface area contributed by atoms with Crippen molar-refractivity contribution < 1.29 is 19.4 Å². The number of hydrogen-bond donors (Lipinski definition) is 2. The van der Waals surface area contributed by atoms with E-state index in [9.17, 15) is 9.59 Å². The molecule has 5 nitrogen and oxygen atoms in total. The molecule has 0 spiro atoms. The highest BCUT2D eigenvalue weighted by atomic mass is 35.5. The van der Waals surface area contributed by atoms with Gasteiger partial charge in [-0.3, -0.25) is 9.59 Å². The molecule has 0 saturated carbocycles. The molecule has 1 aromatic rings. The van der Waals surface area contributed by atoms with E-state index >= 15 is 0 Å². The van der Waals surface area contributed by atoms with Crippen LogP contribution in [0.2, 0.25) is 5.02 Å². The van der Waals surface area contributed by atoms with Crippen molar-refractivity contribution in [2.24, 2.45) is 5.73 Å². The van der Waals surface area contributed by atoms with Crippen molar-refractivity contribution in [1.82, 2.24) is 0 Å². The van der Waals surface area contributed by atoms with E-state index in [0.29, 0.717) is 5.02 Å². The van der Waals surface area contributed by atoms with Gasteiger partial charge in [-0.2, -0.15) is 0 Å². The second kappa shape index (κ2) is 7.92. The van der Waals surface area contributed by atoms with Crippen LogP contribution in [0, 0.1) is 0 Å². The number of esters is 1. The van der Waals surface area contributed by atoms with Crippen molar-refractivity contribution in [3.05, 3.63) is 34.9 Å². The van der Waals surface area contributed by atoms with Crippen LogP contribution >= 0.6 is 24.0 Å². The van der Waals surface area contributed by atoms with Gasteiger partial charge in [0.25, 0.3) is 0 Å². The van der Waals surface area contributed by atoms with Crippen LogP contribution in [0.15, 0.2) is 24.3 Å². The highest BCUT2D eigenvalue weighted by Crippen LogP contribution is 2.10. The van der Waals surface area contributed by atoms with E-state index < -0.39 is 18.0 Å². The number of benzene rings is 1. The maximum absolute atomic E-state index is 11.2. The Morgan fingerprint density at radius 2 is 1.89 bits per heavy atom. The fraction of sp³-hybridized carbons (Fsp3) is 0.273. The first-order valence-corrected chi connectivity index (χ1v) is 5.25. The van der Waals surface area contributed by atoms with Crippen molar-refractivity contribution >= 4 is 35.9 Å². The molecule has 7 heteroatoms. The lowest BCUT2D eigenvalue weighted by Crippen LogP contribution is -2.33. The van der Waals surface area contributed by atoms with Gasteiger partial charge in [0.15, 0.2) is 0 Å². The molecular weight excluding hydrogens is 281 g/mol. The van der Waals surface area contributed by atoms with Gasteiger partial charge in [-0.15, -0.1) is 12.4 Å². The topological polar surface area (TPSA) is 89.6 Å². The van der Waals surface area contributed by atoms with Crippen molar-refractivity contribution in [3.8, 4) is 0 Å². The summed E-state index contributed by atoms with van der Waals surface area (Å²) in [6.07, 6.45) is -0.344. The molecule has 18 heavy (non-hydrogen) atoms. The van der Waals surface area contributed by atoms with Crippen LogP contribution in [0.5, 0.6) is 0 Å². The zero-order valence-electron chi connectivity index (χ0n) is 9.34. The fourth-order valence-electron chi connectivity index (χ4n) is 1.07. The molecule has 0 saturated heterocycles. The van der Waals surface area contributed by atoms with Gasteiger partial charge in [0.1, 0.15) is 12.6 Å². The Kier molecular flexibility index (Phi) is 7.35. The molecule has 100 valence electrons. The Balaban J connectivity index is 0.00000289. The highest BCUT2D eigenvalue weighted by Gasteiger charge is 2.17. The summed E-state index contributed by atoms with van der Waals surface area (Å²) in [4.78, 5) is 21.6. The maximum atomic E-state index is 11.2. The Morgan fingerprint density at radius 1 is 1.33 bits per heavy atom.